The average Bonchev–Trinajstić information content (AvgIpc) is 2.41. The Bertz CT molecular complexity index is 555. The van der Waals surface area contributed by atoms with Crippen LogP contribution in [0.1, 0.15) is 30.4 Å². The zero-order valence-corrected chi connectivity index (χ0v) is 12.4. The van der Waals surface area contributed by atoms with Gasteiger partial charge >= 0.3 is 0 Å². The molecule has 1 aromatic carbocycles. The van der Waals surface area contributed by atoms with E-state index < -0.39 is 10.0 Å². The highest BCUT2D eigenvalue weighted by Gasteiger charge is 2.32. The minimum Gasteiger partial charge on any atom is -0.329 e. The number of rotatable bonds is 3. The van der Waals surface area contributed by atoms with Gasteiger partial charge in [-0.3, -0.25) is 0 Å². The van der Waals surface area contributed by atoms with Gasteiger partial charge in [0, 0.05) is 19.1 Å². The van der Waals surface area contributed by atoms with E-state index in [4.69, 9.17) is 5.73 Å². The van der Waals surface area contributed by atoms with Crippen molar-refractivity contribution in [3.05, 3.63) is 29.3 Å². The van der Waals surface area contributed by atoms with Gasteiger partial charge in [-0.05, 0) is 49.9 Å². The van der Waals surface area contributed by atoms with Crippen molar-refractivity contribution >= 4 is 10.0 Å². The third kappa shape index (κ3) is 2.83. The third-order valence-corrected chi connectivity index (χ3v) is 5.88. The zero-order chi connectivity index (χ0) is 14.0. The molecule has 2 rings (SSSR count). The first-order valence-corrected chi connectivity index (χ1v) is 8.20. The summed E-state index contributed by atoms with van der Waals surface area (Å²) in [6.07, 6.45) is 2.84. The van der Waals surface area contributed by atoms with E-state index in [1.165, 1.54) is 0 Å². The summed E-state index contributed by atoms with van der Waals surface area (Å²) in [5, 5.41) is 0. The molecule has 1 fully saturated rings. The number of nitrogens with zero attached hydrogens (tertiary/aromatic N) is 1. The Morgan fingerprint density at radius 2 is 2.00 bits per heavy atom. The fraction of sp³-hybridized carbons (Fsp3) is 0.571. The largest absolute Gasteiger partial charge is 0.329 e. The molecule has 5 heteroatoms. The van der Waals surface area contributed by atoms with Gasteiger partial charge in [0.15, 0.2) is 0 Å². The Morgan fingerprint density at radius 3 is 2.63 bits per heavy atom. The molecule has 1 atom stereocenters. The lowest BCUT2D eigenvalue weighted by Gasteiger charge is -2.34. The number of aryl methyl sites for hydroxylation is 2. The van der Waals surface area contributed by atoms with Crippen LogP contribution in [0.15, 0.2) is 23.1 Å². The Hall–Kier alpha value is -0.910. The second-order valence-corrected chi connectivity index (χ2v) is 7.14. The van der Waals surface area contributed by atoms with Gasteiger partial charge in [0.2, 0.25) is 10.0 Å². The van der Waals surface area contributed by atoms with E-state index in [1.807, 2.05) is 19.9 Å². The zero-order valence-electron chi connectivity index (χ0n) is 11.6. The van der Waals surface area contributed by atoms with Gasteiger partial charge in [-0.25, -0.2) is 8.42 Å². The van der Waals surface area contributed by atoms with Gasteiger partial charge in [-0.1, -0.05) is 12.5 Å². The fourth-order valence-electron chi connectivity index (χ4n) is 2.54. The van der Waals surface area contributed by atoms with Gasteiger partial charge in [0.05, 0.1) is 4.90 Å². The molecule has 0 spiro atoms. The van der Waals surface area contributed by atoms with Gasteiger partial charge in [0.1, 0.15) is 0 Å². The van der Waals surface area contributed by atoms with Crippen LogP contribution in [-0.4, -0.2) is 31.9 Å². The number of piperidine rings is 1. The molecule has 0 amide bonds. The number of sulfonamides is 1. The molecule has 2 N–H and O–H groups in total. The highest BCUT2D eigenvalue weighted by Crippen LogP contribution is 2.25. The smallest absolute Gasteiger partial charge is 0.243 e. The number of nitrogens with two attached hydrogens (primary N) is 1. The summed E-state index contributed by atoms with van der Waals surface area (Å²) in [5.74, 6) is 0. The molecule has 1 unspecified atom stereocenters. The summed E-state index contributed by atoms with van der Waals surface area (Å²) in [6.45, 7) is 4.89. The molecule has 1 heterocycles. The van der Waals surface area contributed by atoms with Gasteiger partial charge in [0.25, 0.3) is 0 Å². The van der Waals surface area contributed by atoms with E-state index in [0.29, 0.717) is 18.0 Å². The quantitative estimate of drug-likeness (QED) is 0.919. The standard InChI is InChI=1S/C14H22N2O2S/c1-11-6-7-14(9-12(11)2)19(17,18)16-8-4-3-5-13(16)10-15/h6-7,9,13H,3-5,8,10,15H2,1-2H3. The van der Waals surface area contributed by atoms with Crippen LogP contribution in [0.5, 0.6) is 0 Å². The molecule has 106 valence electrons. The maximum Gasteiger partial charge on any atom is 0.243 e. The Kier molecular flexibility index (Phi) is 4.28. The number of hydrogen-bond donors (Lipinski definition) is 1. The Morgan fingerprint density at radius 1 is 1.26 bits per heavy atom. The Balaban J connectivity index is 2.37. The van der Waals surface area contributed by atoms with Crippen molar-refractivity contribution in [2.45, 2.75) is 44.0 Å². The van der Waals surface area contributed by atoms with Crippen molar-refractivity contribution in [1.82, 2.24) is 4.31 Å². The monoisotopic (exact) mass is 282 g/mol. The third-order valence-electron chi connectivity index (χ3n) is 3.93. The second kappa shape index (κ2) is 5.61. The van der Waals surface area contributed by atoms with E-state index in [0.717, 1.165) is 30.4 Å². The summed E-state index contributed by atoms with van der Waals surface area (Å²) >= 11 is 0. The number of benzene rings is 1. The maximum atomic E-state index is 12.7. The summed E-state index contributed by atoms with van der Waals surface area (Å²) in [4.78, 5) is 0.385. The van der Waals surface area contributed by atoms with Gasteiger partial charge < -0.3 is 5.73 Å². The molecule has 0 bridgehead atoms. The lowest BCUT2D eigenvalue weighted by atomic mass is 10.1. The van der Waals surface area contributed by atoms with E-state index >= 15 is 0 Å². The van der Waals surface area contributed by atoms with Crippen LogP contribution in [0.4, 0.5) is 0 Å². The van der Waals surface area contributed by atoms with Crippen LogP contribution in [-0.2, 0) is 10.0 Å². The fourth-order valence-corrected chi connectivity index (χ4v) is 4.33. The predicted molar refractivity (Wildman–Crippen MR) is 76.5 cm³/mol. The molecule has 19 heavy (non-hydrogen) atoms. The van der Waals surface area contributed by atoms with Crippen LogP contribution >= 0.6 is 0 Å². The van der Waals surface area contributed by atoms with E-state index in [9.17, 15) is 8.42 Å². The molecular formula is C14H22N2O2S. The average molecular weight is 282 g/mol. The van der Waals surface area contributed by atoms with Gasteiger partial charge in [-0.2, -0.15) is 4.31 Å². The van der Waals surface area contributed by atoms with Crippen molar-refractivity contribution in [2.24, 2.45) is 5.73 Å². The summed E-state index contributed by atoms with van der Waals surface area (Å²) in [7, 11) is -3.41. The minimum absolute atomic E-state index is 0.0552. The molecule has 4 nitrogen and oxygen atoms in total. The summed E-state index contributed by atoms with van der Waals surface area (Å²) in [6, 6.07) is 5.26. The van der Waals surface area contributed by atoms with Crippen LogP contribution in [0.25, 0.3) is 0 Å². The number of hydrogen-bond acceptors (Lipinski definition) is 3. The second-order valence-electron chi connectivity index (χ2n) is 5.25. The van der Waals surface area contributed by atoms with Crippen LogP contribution in [0.2, 0.25) is 0 Å². The first kappa shape index (κ1) is 14.5. The normalized spacial score (nSPS) is 21.5. The van der Waals surface area contributed by atoms with Crippen molar-refractivity contribution < 1.29 is 8.42 Å². The van der Waals surface area contributed by atoms with E-state index in [1.54, 1.807) is 16.4 Å². The first-order chi connectivity index (χ1) is 8.96. The lowest BCUT2D eigenvalue weighted by molar-refractivity contribution is 0.257. The van der Waals surface area contributed by atoms with Crippen LogP contribution in [0.3, 0.4) is 0 Å². The van der Waals surface area contributed by atoms with Gasteiger partial charge in [-0.15, -0.1) is 0 Å². The highest BCUT2D eigenvalue weighted by molar-refractivity contribution is 7.89. The molecule has 0 saturated carbocycles. The topological polar surface area (TPSA) is 63.4 Å². The molecule has 1 aromatic rings. The molecule has 0 radical (unpaired) electrons. The minimum atomic E-state index is -3.41. The molecule has 1 aliphatic rings. The van der Waals surface area contributed by atoms with Crippen molar-refractivity contribution in [1.29, 1.82) is 0 Å². The molecule has 0 aromatic heterocycles. The summed E-state index contributed by atoms with van der Waals surface area (Å²) in [5.41, 5.74) is 7.82. The summed E-state index contributed by atoms with van der Waals surface area (Å²) < 4.78 is 27.0. The SMILES string of the molecule is Cc1ccc(S(=O)(=O)N2CCCCC2CN)cc1C. The molecule has 1 saturated heterocycles. The molecular weight excluding hydrogens is 260 g/mol. The lowest BCUT2D eigenvalue weighted by Crippen LogP contribution is -2.47. The van der Waals surface area contributed by atoms with Crippen molar-refractivity contribution in [2.75, 3.05) is 13.1 Å². The first-order valence-electron chi connectivity index (χ1n) is 6.76. The van der Waals surface area contributed by atoms with Crippen molar-refractivity contribution in [3.8, 4) is 0 Å². The molecule has 1 aliphatic heterocycles. The highest BCUT2D eigenvalue weighted by atomic mass is 32.2. The van der Waals surface area contributed by atoms with Crippen LogP contribution < -0.4 is 5.73 Å². The van der Waals surface area contributed by atoms with E-state index in [-0.39, 0.29) is 6.04 Å². The molecule has 0 aliphatic carbocycles. The van der Waals surface area contributed by atoms with E-state index in [2.05, 4.69) is 0 Å². The maximum absolute atomic E-state index is 12.7. The van der Waals surface area contributed by atoms with Crippen LogP contribution in [0, 0.1) is 13.8 Å². The Labute approximate surface area is 115 Å². The van der Waals surface area contributed by atoms with Crippen molar-refractivity contribution in [3.63, 3.8) is 0 Å². The predicted octanol–water partition coefficient (Wildman–Crippen LogP) is 1.81.